The van der Waals surface area contributed by atoms with Crippen LogP contribution in [0.1, 0.15) is 21.9 Å². The minimum atomic E-state index is -0.347. The van der Waals surface area contributed by atoms with Gasteiger partial charge in [0.05, 0.1) is 12.2 Å². The zero-order valence-electron chi connectivity index (χ0n) is 12.5. The molecular weight excluding hydrogens is 294 g/mol. The summed E-state index contributed by atoms with van der Waals surface area (Å²) < 4.78 is 4.91. The molecule has 0 spiro atoms. The van der Waals surface area contributed by atoms with Gasteiger partial charge in [0.1, 0.15) is 11.5 Å². The maximum atomic E-state index is 12.2. The fraction of sp³-hybridized carbons (Fsp3) is 0.125. The predicted octanol–water partition coefficient (Wildman–Crippen LogP) is 2.64. The van der Waals surface area contributed by atoms with Gasteiger partial charge in [-0.1, -0.05) is 11.2 Å². The predicted molar refractivity (Wildman–Crippen MR) is 85.0 cm³/mol. The lowest BCUT2D eigenvalue weighted by atomic mass is 10.3. The van der Waals surface area contributed by atoms with Crippen molar-refractivity contribution in [2.75, 3.05) is 10.6 Å². The third-order valence-electron chi connectivity index (χ3n) is 3.06. The van der Waals surface area contributed by atoms with Crippen molar-refractivity contribution in [1.82, 2.24) is 15.1 Å². The Morgan fingerprint density at radius 2 is 2.09 bits per heavy atom. The van der Waals surface area contributed by atoms with Crippen molar-refractivity contribution in [1.29, 1.82) is 0 Å². The Hall–Kier alpha value is -3.22. The van der Waals surface area contributed by atoms with Gasteiger partial charge in [-0.15, -0.1) is 0 Å². The number of aromatic nitrogens is 3. The van der Waals surface area contributed by atoms with Crippen LogP contribution in [0, 0.1) is 6.92 Å². The van der Waals surface area contributed by atoms with Crippen LogP contribution in [-0.4, -0.2) is 21.0 Å². The molecule has 0 saturated carbocycles. The quantitative estimate of drug-likeness (QED) is 0.752. The van der Waals surface area contributed by atoms with E-state index in [1.807, 2.05) is 18.2 Å². The molecule has 7 heteroatoms. The monoisotopic (exact) mass is 309 g/mol. The number of hydrogen-bond acceptors (Lipinski definition) is 6. The molecule has 0 fully saturated rings. The summed E-state index contributed by atoms with van der Waals surface area (Å²) in [5, 5.41) is 9.56. The highest BCUT2D eigenvalue weighted by Crippen LogP contribution is 2.12. The molecule has 3 rings (SSSR count). The summed E-state index contributed by atoms with van der Waals surface area (Å²) in [5.41, 5.74) is 1.98. The van der Waals surface area contributed by atoms with E-state index in [1.165, 1.54) is 0 Å². The Balaban J connectivity index is 1.65. The summed E-state index contributed by atoms with van der Waals surface area (Å²) in [6, 6.07) is 10.8. The van der Waals surface area contributed by atoms with E-state index in [4.69, 9.17) is 4.52 Å². The summed E-state index contributed by atoms with van der Waals surface area (Å²) in [6.45, 7) is 2.32. The van der Waals surface area contributed by atoms with E-state index in [-0.39, 0.29) is 11.6 Å². The van der Waals surface area contributed by atoms with Gasteiger partial charge in [-0.3, -0.25) is 14.8 Å². The van der Waals surface area contributed by atoms with Crippen molar-refractivity contribution >= 4 is 17.4 Å². The molecule has 2 N–H and O–H groups in total. The third kappa shape index (κ3) is 3.91. The minimum absolute atomic E-state index is 0.289. The van der Waals surface area contributed by atoms with Gasteiger partial charge in [0.2, 0.25) is 0 Å². The second kappa shape index (κ2) is 6.69. The van der Waals surface area contributed by atoms with Gasteiger partial charge in [-0.05, 0) is 31.2 Å². The molecule has 3 aromatic rings. The summed E-state index contributed by atoms with van der Waals surface area (Å²) in [5.74, 6) is 0.639. The number of nitrogens with zero attached hydrogens (tertiary/aromatic N) is 3. The second-order valence-electron chi connectivity index (χ2n) is 4.88. The standard InChI is InChI=1S/C16H15N5O2/c1-11-8-15(21-23-11)20-16(22)14-9-12(5-7-18-14)19-10-13-4-2-3-6-17-13/h2-9H,10H2,1H3,(H,18,19)(H,20,21,22). The van der Waals surface area contributed by atoms with E-state index in [0.29, 0.717) is 18.1 Å². The van der Waals surface area contributed by atoms with Crippen molar-refractivity contribution in [3.63, 3.8) is 0 Å². The van der Waals surface area contributed by atoms with Gasteiger partial charge >= 0.3 is 0 Å². The zero-order valence-corrected chi connectivity index (χ0v) is 12.5. The van der Waals surface area contributed by atoms with Gasteiger partial charge in [0, 0.05) is 24.1 Å². The van der Waals surface area contributed by atoms with Gasteiger partial charge in [-0.25, -0.2) is 0 Å². The molecular formula is C16H15N5O2. The van der Waals surface area contributed by atoms with E-state index in [9.17, 15) is 4.79 Å². The molecule has 1 amide bonds. The molecule has 0 bridgehead atoms. The molecule has 0 aliphatic heterocycles. The molecule has 3 heterocycles. The molecule has 116 valence electrons. The highest BCUT2D eigenvalue weighted by molar-refractivity contribution is 6.02. The first-order chi connectivity index (χ1) is 11.2. The van der Waals surface area contributed by atoms with Gasteiger partial charge in [0.15, 0.2) is 5.82 Å². The summed E-state index contributed by atoms with van der Waals surface area (Å²) in [6.07, 6.45) is 3.31. The molecule has 3 aromatic heterocycles. The maximum Gasteiger partial charge on any atom is 0.275 e. The van der Waals surface area contributed by atoms with Crippen LogP contribution < -0.4 is 10.6 Å². The van der Waals surface area contributed by atoms with Crippen LogP contribution in [0.3, 0.4) is 0 Å². The number of rotatable bonds is 5. The molecule has 0 radical (unpaired) electrons. The second-order valence-corrected chi connectivity index (χ2v) is 4.88. The van der Waals surface area contributed by atoms with E-state index < -0.39 is 0 Å². The maximum absolute atomic E-state index is 12.2. The van der Waals surface area contributed by atoms with Crippen LogP contribution in [0.2, 0.25) is 0 Å². The van der Waals surface area contributed by atoms with Crippen molar-refractivity contribution in [3.8, 4) is 0 Å². The van der Waals surface area contributed by atoms with Gasteiger partial charge in [-0.2, -0.15) is 0 Å². The van der Waals surface area contributed by atoms with Crippen LogP contribution >= 0.6 is 0 Å². The van der Waals surface area contributed by atoms with E-state index >= 15 is 0 Å². The SMILES string of the molecule is Cc1cc(NC(=O)c2cc(NCc3ccccn3)ccn2)no1. The lowest BCUT2D eigenvalue weighted by Gasteiger charge is -2.07. The van der Waals surface area contributed by atoms with Crippen molar-refractivity contribution in [2.45, 2.75) is 13.5 Å². The number of amides is 1. The van der Waals surface area contributed by atoms with E-state index in [2.05, 4.69) is 25.8 Å². The highest BCUT2D eigenvalue weighted by atomic mass is 16.5. The van der Waals surface area contributed by atoms with Gasteiger partial charge < -0.3 is 15.2 Å². The van der Waals surface area contributed by atoms with Crippen LogP contribution in [0.5, 0.6) is 0 Å². The molecule has 23 heavy (non-hydrogen) atoms. The van der Waals surface area contributed by atoms with Gasteiger partial charge in [0.25, 0.3) is 5.91 Å². The number of carbonyl (C=O) groups excluding carboxylic acids is 1. The van der Waals surface area contributed by atoms with Crippen molar-refractivity contribution in [3.05, 3.63) is 65.9 Å². The first-order valence-corrected chi connectivity index (χ1v) is 7.05. The smallest absolute Gasteiger partial charge is 0.275 e. The average molecular weight is 309 g/mol. The lowest BCUT2D eigenvalue weighted by Crippen LogP contribution is -2.14. The summed E-state index contributed by atoms with van der Waals surface area (Å²) >= 11 is 0. The number of nitrogens with one attached hydrogen (secondary N) is 2. The Morgan fingerprint density at radius 3 is 2.83 bits per heavy atom. The molecule has 7 nitrogen and oxygen atoms in total. The fourth-order valence-electron chi connectivity index (χ4n) is 1.97. The molecule has 0 saturated heterocycles. The van der Waals surface area contributed by atoms with Crippen molar-refractivity contribution < 1.29 is 9.32 Å². The van der Waals surface area contributed by atoms with Crippen LogP contribution in [0.25, 0.3) is 0 Å². The largest absolute Gasteiger partial charge is 0.379 e. The number of carbonyl (C=O) groups is 1. The normalized spacial score (nSPS) is 10.3. The highest BCUT2D eigenvalue weighted by Gasteiger charge is 2.10. The Bertz CT molecular complexity index is 801. The number of hydrogen-bond donors (Lipinski definition) is 2. The lowest BCUT2D eigenvalue weighted by molar-refractivity contribution is 0.102. The van der Waals surface area contributed by atoms with Crippen LogP contribution in [0.4, 0.5) is 11.5 Å². The van der Waals surface area contributed by atoms with Crippen LogP contribution in [-0.2, 0) is 6.54 Å². The fourth-order valence-corrected chi connectivity index (χ4v) is 1.97. The number of anilines is 2. The van der Waals surface area contributed by atoms with E-state index in [1.54, 1.807) is 37.5 Å². The summed E-state index contributed by atoms with van der Waals surface area (Å²) in [7, 11) is 0. The Labute approximate surface area is 132 Å². The first kappa shape index (κ1) is 14.7. The third-order valence-corrected chi connectivity index (χ3v) is 3.06. The number of aryl methyl sites for hydroxylation is 1. The molecule has 0 aromatic carbocycles. The first-order valence-electron chi connectivity index (χ1n) is 7.05. The Morgan fingerprint density at radius 1 is 1.17 bits per heavy atom. The summed E-state index contributed by atoms with van der Waals surface area (Å²) in [4.78, 5) is 20.5. The Kier molecular flexibility index (Phi) is 4.28. The molecule has 0 aliphatic rings. The van der Waals surface area contributed by atoms with E-state index in [0.717, 1.165) is 11.4 Å². The average Bonchev–Trinajstić information content (AvgIpc) is 2.99. The molecule has 0 aliphatic carbocycles. The molecule has 0 atom stereocenters. The topological polar surface area (TPSA) is 92.9 Å². The minimum Gasteiger partial charge on any atom is -0.379 e. The zero-order chi connectivity index (χ0) is 16.1. The molecule has 0 unspecified atom stereocenters. The number of pyridine rings is 2. The van der Waals surface area contributed by atoms with Crippen molar-refractivity contribution in [2.24, 2.45) is 0 Å². The van der Waals surface area contributed by atoms with Crippen LogP contribution in [0.15, 0.2) is 53.3 Å².